The number of carbonyl (C=O) groups excluding carboxylic acids is 1. The third-order valence-electron chi connectivity index (χ3n) is 2.76. The van der Waals surface area contributed by atoms with Crippen molar-refractivity contribution in [2.45, 2.75) is 19.4 Å². The maximum Gasteiger partial charge on any atom is 0.241 e. The van der Waals surface area contributed by atoms with E-state index in [9.17, 15) is 4.79 Å². The predicted octanol–water partition coefficient (Wildman–Crippen LogP) is 0.982. The third kappa shape index (κ3) is 1.77. The molecule has 0 saturated heterocycles. The van der Waals surface area contributed by atoms with Crippen LogP contribution < -0.4 is 4.90 Å². The molecule has 0 atom stereocenters. The molecule has 1 aliphatic rings. The van der Waals surface area contributed by atoms with Crippen molar-refractivity contribution in [3.05, 3.63) is 29.3 Å². The van der Waals surface area contributed by atoms with Crippen LogP contribution >= 0.6 is 0 Å². The first kappa shape index (κ1) is 10.7. The summed E-state index contributed by atoms with van der Waals surface area (Å²) in [5, 5.41) is 17.5. The number of aliphatic hydroxyl groups is 1. The fraction of sp³-hybridized carbons (Fsp3) is 0.333. The molecule has 4 heteroatoms. The molecular formula is C12H12N2O2. The van der Waals surface area contributed by atoms with Crippen molar-refractivity contribution in [1.29, 1.82) is 5.26 Å². The van der Waals surface area contributed by atoms with Crippen LogP contribution in [0.4, 0.5) is 5.69 Å². The molecule has 0 radical (unpaired) electrons. The van der Waals surface area contributed by atoms with E-state index in [0.29, 0.717) is 6.54 Å². The van der Waals surface area contributed by atoms with Gasteiger partial charge in [-0.1, -0.05) is 12.1 Å². The fourth-order valence-electron chi connectivity index (χ4n) is 1.95. The summed E-state index contributed by atoms with van der Waals surface area (Å²) in [7, 11) is 0. The van der Waals surface area contributed by atoms with Crippen LogP contribution in [0.5, 0.6) is 0 Å². The highest BCUT2D eigenvalue weighted by Crippen LogP contribution is 2.29. The van der Waals surface area contributed by atoms with Crippen molar-refractivity contribution in [3.8, 4) is 6.07 Å². The van der Waals surface area contributed by atoms with Crippen LogP contribution in [0.1, 0.15) is 17.5 Å². The molecule has 1 aromatic rings. The molecule has 0 aliphatic carbocycles. The Hall–Kier alpha value is -1.86. The van der Waals surface area contributed by atoms with E-state index >= 15 is 0 Å². The van der Waals surface area contributed by atoms with E-state index in [2.05, 4.69) is 0 Å². The lowest BCUT2D eigenvalue weighted by atomic mass is 10.1. The number of carbonyl (C=O) groups is 1. The van der Waals surface area contributed by atoms with Gasteiger partial charge in [0.2, 0.25) is 5.91 Å². The molecule has 0 saturated carbocycles. The van der Waals surface area contributed by atoms with Gasteiger partial charge < -0.3 is 10.0 Å². The summed E-state index contributed by atoms with van der Waals surface area (Å²) in [4.78, 5) is 13.3. The molecule has 1 heterocycles. The van der Waals surface area contributed by atoms with E-state index in [0.717, 1.165) is 23.2 Å². The summed E-state index contributed by atoms with van der Waals surface area (Å²) in [6, 6.07) is 7.47. The van der Waals surface area contributed by atoms with E-state index in [4.69, 9.17) is 10.4 Å². The van der Waals surface area contributed by atoms with Crippen LogP contribution in [0.15, 0.2) is 18.2 Å². The van der Waals surface area contributed by atoms with Crippen molar-refractivity contribution in [1.82, 2.24) is 0 Å². The number of rotatable bonds is 2. The van der Waals surface area contributed by atoms with Crippen molar-refractivity contribution in [3.63, 3.8) is 0 Å². The number of aliphatic hydroxyl groups excluding tert-OH is 1. The van der Waals surface area contributed by atoms with Crippen molar-refractivity contribution in [2.24, 2.45) is 0 Å². The van der Waals surface area contributed by atoms with Crippen LogP contribution in [0.3, 0.4) is 0 Å². The van der Waals surface area contributed by atoms with Crippen molar-refractivity contribution >= 4 is 11.6 Å². The lowest BCUT2D eigenvalue weighted by molar-refractivity contribution is -0.117. The molecule has 4 nitrogen and oxygen atoms in total. The zero-order valence-corrected chi connectivity index (χ0v) is 8.81. The molecule has 0 aromatic heterocycles. The van der Waals surface area contributed by atoms with Gasteiger partial charge in [-0.2, -0.15) is 5.26 Å². The van der Waals surface area contributed by atoms with Gasteiger partial charge in [-0.3, -0.25) is 4.79 Å². The predicted molar refractivity (Wildman–Crippen MR) is 58.7 cm³/mol. The van der Waals surface area contributed by atoms with Gasteiger partial charge in [0, 0.05) is 12.2 Å². The smallest absolute Gasteiger partial charge is 0.241 e. The number of anilines is 1. The van der Waals surface area contributed by atoms with Gasteiger partial charge in [0.1, 0.15) is 6.42 Å². The first-order chi connectivity index (χ1) is 7.76. The molecule has 2 rings (SSSR count). The zero-order chi connectivity index (χ0) is 11.5. The normalized spacial score (nSPS) is 13.4. The van der Waals surface area contributed by atoms with E-state index in [1.165, 1.54) is 0 Å². The fourth-order valence-corrected chi connectivity index (χ4v) is 1.95. The highest BCUT2D eigenvalue weighted by atomic mass is 16.3. The summed E-state index contributed by atoms with van der Waals surface area (Å²) in [6.45, 7) is 0.596. The largest absolute Gasteiger partial charge is 0.392 e. The van der Waals surface area contributed by atoms with E-state index in [1.807, 2.05) is 24.3 Å². The summed E-state index contributed by atoms with van der Waals surface area (Å²) < 4.78 is 0. The standard InChI is InChI=1S/C12H12N2O2/c13-5-3-12(16)14-6-4-10-2-1-9(8-15)7-11(10)14/h1-2,7,15H,3-4,6,8H2. The molecular weight excluding hydrogens is 204 g/mol. The molecule has 1 aliphatic heterocycles. The minimum absolute atomic E-state index is 0.0342. The summed E-state index contributed by atoms with van der Waals surface area (Å²) >= 11 is 0. The molecule has 1 N–H and O–H groups in total. The molecule has 0 fully saturated rings. The Morgan fingerprint density at radius 2 is 2.38 bits per heavy atom. The number of hydrogen-bond acceptors (Lipinski definition) is 3. The molecule has 16 heavy (non-hydrogen) atoms. The maximum absolute atomic E-state index is 11.6. The van der Waals surface area contributed by atoms with E-state index in [-0.39, 0.29) is 18.9 Å². The summed E-state index contributed by atoms with van der Waals surface area (Å²) in [5.74, 6) is -0.170. The Morgan fingerprint density at radius 3 is 3.06 bits per heavy atom. The topological polar surface area (TPSA) is 64.3 Å². The summed E-state index contributed by atoms with van der Waals surface area (Å²) in [5.41, 5.74) is 2.73. The Balaban J connectivity index is 2.31. The highest BCUT2D eigenvalue weighted by molar-refractivity contribution is 5.96. The number of nitrogens with zero attached hydrogens (tertiary/aromatic N) is 2. The van der Waals surface area contributed by atoms with Crippen LogP contribution in [0.25, 0.3) is 0 Å². The SMILES string of the molecule is N#CCC(=O)N1CCc2ccc(CO)cc21. The second-order valence-electron chi connectivity index (χ2n) is 3.75. The first-order valence-corrected chi connectivity index (χ1v) is 5.16. The van der Waals surface area contributed by atoms with Gasteiger partial charge in [0.25, 0.3) is 0 Å². The lowest BCUT2D eigenvalue weighted by Crippen LogP contribution is -2.28. The van der Waals surface area contributed by atoms with Gasteiger partial charge in [0.05, 0.1) is 12.7 Å². The van der Waals surface area contributed by atoms with Gasteiger partial charge in [-0.15, -0.1) is 0 Å². The second-order valence-corrected chi connectivity index (χ2v) is 3.75. The molecule has 1 aromatic carbocycles. The van der Waals surface area contributed by atoms with Gasteiger partial charge in [-0.25, -0.2) is 0 Å². The monoisotopic (exact) mass is 216 g/mol. The number of nitriles is 1. The van der Waals surface area contributed by atoms with Crippen molar-refractivity contribution < 1.29 is 9.90 Å². The first-order valence-electron chi connectivity index (χ1n) is 5.16. The minimum Gasteiger partial charge on any atom is -0.392 e. The number of hydrogen-bond donors (Lipinski definition) is 1. The summed E-state index contributed by atoms with van der Waals surface area (Å²) in [6.07, 6.45) is 0.723. The Bertz CT molecular complexity index is 463. The minimum atomic E-state index is -0.170. The zero-order valence-electron chi connectivity index (χ0n) is 8.81. The Morgan fingerprint density at radius 1 is 1.56 bits per heavy atom. The van der Waals surface area contributed by atoms with Crippen LogP contribution in [-0.2, 0) is 17.8 Å². The number of fused-ring (bicyclic) bond motifs is 1. The average molecular weight is 216 g/mol. The lowest BCUT2D eigenvalue weighted by Gasteiger charge is -2.16. The van der Waals surface area contributed by atoms with E-state index < -0.39 is 0 Å². The van der Waals surface area contributed by atoms with Gasteiger partial charge in [0.15, 0.2) is 0 Å². The molecule has 82 valence electrons. The van der Waals surface area contributed by atoms with Crippen LogP contribution in [0.2, 0.25) is 0 Å². The second kappa shape index (κ2) is 4.33. The maximum atomic E-state index is 11.6. The molecule has 0 bridgehead atoms. The number of benzene rings is 1. The van der Waals surface area contributed by atoms with Gasteiger partial charge >= 0.3 is 0 Å². The Kier molecular flexibility index (Phi) is 2.88. The van der Waals surface area contributed by atoms with E-state index in [1.54, 1.807) is 4.90 Å². The third-order valence-corrected chi connectivity index (χ3v) is 2.76. The Labute approximate surface area is 93.7 Å². The molecule has 0 unspecified atom stereocenters. The average Bonchev–Trinajstić information content (AvgIpc) is 2.71. The van der Waals surface area contributed by atoms with Crippen LogP contribution in [-0.4, -0.2) is 17.6 Å². The van der Waals surface area contributed by atoms with Crippen molar-refractivity contribution in [2.75, 3.05) is 11.4 Å². The highest BCUT2D eigenvalue weighted by Gasteiger charge is 2.24. The molecule has 1 amide bonds. The number of amides is 1. The van der Waals surface area contributed by atoms with Crippen LogP contribution in [0, 0.1) is 11.3 Å². The van der Waals surface area contributed by atoms with Gasteiger partial charge in [-0.05, 0) is 23.6 Å². The molecule has 0 spiro atoms. The quantitative estimate of drug-likeness (QED) is 0.801.